The van der Waals surface area contributed by atoms with E-state index in [0.29, 0.717) is 0 Å². The number of carbonyl (C=O) groups excluding carboxylic acids is 1. The van der Waals surface area contributed by atoms with E-state index in [2.05, 4.69) is 10.1 Å². The van der Waals surface area contributed by atoms with Gasteiger partial charge >= 0.3 is 0 Å². The van der Waals surface area contributed by atoms with Gasteiger partial charge in [-0.2, -0.15) is 0 Å². The van der Waals surface area contributed by atoms with E-state index >= 15 is 0 Å². The van der Waals surface area contributed by atoms with Crippen LogP contribution in [0.4, 0.5) is 0 Å². The Morgan fingerprint density at radius 1 is 1.29 bits per heavy atom. The minimum Gasteiger partial charge on any atom is -0.363 e. The van der Waals surface area contributed by atoms with E-state index in [0.717, 1.165) is 5.69 Å². The Morgan fingerprint density at radius 3 is 2.57 bits per heavy atom. The molecule has 0 aliphatic heterocycles. The van der Waals surface area contributed by atoms with Crippen LogP contribution in [0.5, 0.6) is 0 Å². The third-order valence-corrected chi connectivity index (χ3v) is 1.73. The van der Waals surface area contributed by atoms with Gasteiger partial charge in [-0.25, -0.2) is 9.67 Å². The van der Waals surface area contributed by atoms with Crippen molar-refractivity contribution < 1.29 is 4.79 Å². The number of para-hydroxylation sites is 1. The van der Waals surface area contributed by atoms with Crippen molar-refractivity contribution in [2.45, 2.75) is 0 Å². The van der Waals surface area contributed by atoms with E-state index in [1.165, 1.54) is 11.0 Å². The Morgan fingerprint density at radius 2 is 2.00 bits per heavy atom. The Labute approximate surface area is 80.2 Å². The summed E-state index contributed by atoms with van der Waals surface area (Å²) in [5.41, 5.74) is 5.87. The summed E-state index contributed by atoms with van der Waals surface area (Å²) in [4.78, 5) is 14.5. The summed E-state index contributed by atoms with van der Waals surface area (Å²) in [6.07, 6.45) is 1.45. The molecule has 5 nitrogen and oxygen atoms in total. The van der Waals surface area contributed by atoms with Gasteiger partial charge in [-0.1, -0.05) is 18.2 Å². The van der Waals surface area contributed by atoms with Crippen molar-refractivity contribution in [3.05, 3.63) is 42.5 Å². The summed E-state index contributed by atoms with van der Waals surface area (Å²) in [5.74, 6) is -0.603. The second-order valence-corrected chi connectivity index (χ2v) is 2.71. The highest BCUT2D eigenvalue weighted by atomic mass is 16.1. The van der Waals surface area contributed by atoms with Crippen molar-refractivity contribution in [2.75, 3.05) is 0 Å². The fourth-order valence-corrected chi connectivity index (χ4v) is 1.08. The SMILES string of the molecule is NC(=O)c1ncn(-c2ccccc2)n1. The van der Waals surface area contributed by atoms with Crippen LogP contribution in [0.3, 0.4) is 0 Å². The summed E-state index contributed by atoms with van der Waals surface area (Å²) in [5, 5.41) is 3.91. The topological polar surface area (TPSA) is 73.8 Å². The zero-order valence-electron chi connectivity index (χ0n) is 7.29. The quantitative estimate of drug-likeness (QED) is 0.739. The standard InChI is InChI=1S/C9H8N4O/c10-8(14)9-11-6-13(12-9)7-4-2-1-3-5-7/h1-6H,(H2,10,14). The maximum atomic E-state index is 10.7. The number of benzene rings is 1. The largest absolute Gasteiger partial charge is 0.363 e. The Kier molecular flexibility index (Phi) is 1.98. The average Bonchev–Trinajstić information content (AvgIpc) is 2.68. The molecular weight excluding hydrogens is 180 g/mol. The van der Waals surface area contributed by atoms with E-state index in [4.69, 9.17) is 5.73 Å². The first-order valence-corrected chi connectivity index (χ1v) is 4.04. The number of hydrogen-bond acceptors (Lipinski definition) is 3. The number of primary amides is 1. The monoisotopic (exact) mass is 188 g/mol. The van der Waals surface area contributed by atoms with Crippen molar-refractivity contribution in [1.29, 1.82) is 0 Å². The number of amides is 1. The maximum Gasteiger partial charge on any atom is 0.288 e. The first kappa shape index (κ1) is 8.43. The van der Waals surface area contributed by atoms with Gasteiger partial charge in [-0.15, -0.1) is 5.10 Å². The van der Waals surface area contributed by atoms with E-state index in [1.54, 1.807) is 0 Å². The molecule has 1 heterocycles. The average molecular weight is 188 g/mol. The zero-order valence-corrected chi connectivity index (χ0v) is 7.29. The zero-order chi connectivity index (χ0) is 9.97. The summed E-state index contributed by atoms with van der Waals surface area (Å²) in [6, 6.07) is 9.37. The molecule has 0 fully saturated rings. The number of aromatic nitrogens is 3. The van der Waals surface area contributed by atoms with Gasteiger partial charge in [0.15, 0.2) is 0 Å². The van der Waals surface area contributed by atoms with Gasteiger partial charge in [-0.3, -0.25) is 4.79 Å². The van der Waals surface area contributed by atoms with Crippen LogP contribution >= 0.6 is 0 Å². The van der Waals surface area contributed by atoms with Gasteiger partial charge in [0.2, 0.25) is 5.82 Å². The highest BCUT2D eigenvalue weighted by Gasteiger charge is 2.06. The van der Waals surface area contributed by atoms with Crippen molar-refractivity contribution in [3.63, 3.8) is 0 Å². The molecule has 2 rings (SSSR count). The molecule has 0 spiro atoms. The second-order valence-electron chi connectivity index (χ2n) is 2.71. The predicted octanol–water partition coefficient (Wildman–Crippen LogP) is 0.366. The number of nitrogens with zero attached hydrogens (tertiary/aromatic N) is 3. The molecule has 0 aliphatic rings. The smallest absolute Gasteiger partial charge is 0.288 e. The lowest BCUT2D eigenvalue weighted by atomic mass is 10.3. The van der Waals surface area contributed by atoms with Crippen molar-refractivity contribution >= 4 is 5.91 Å². The van der Waals surface area contributed by atoms with Crippen LogP contribution in [0.15, 0.2) is 36.7 Å². The van der Waals surface area contributed by atoms with Crippen LogP contribution in [-0.4, -0.2) is 20.7 Å². The lowest BCUT2D eigenvalue weighted by molar-refractivity contribution is 0.0990. The second kappa shape index (κ2) is 3.29. The van der Waals surface area contributed by atoms with Gasteiger partial charge in [0.25, 0.3) is 5.91 Å². The number of rotatable bonds is 2. The Hall–Kier alpha value is -2.17. The Bertz CT molecular complexity index is 449. The van der Waals surface area contributed by atoms with Gasteiger partial charge in [0, 0.05) is 0 Å². The summed E-state index contributed by atoms with van der Waals surface area (Å²) < 4.78 is 1.50. The first-order chi connectivity index (χ1) is 6.77. The molecular formula is C9H8N4O. The fraction of sp³-hybridized carbons (Fsp3) is 0. The first-order valence-electron chi connectivity index (χ1n) is 4.04. The lowest BCUT2D eigenvalue weighted by Gasteiger charge is -1.97. The fourth-order valence-electron chi connectivity index (χ4n) is 1.08. The molecule has 0 aliphatic carbocycles. The van der Waals surface area contributed by atoms with Crippen molar-refractivity contribution in [3.8, 4) is 5.69 Å². The van der Waals surface area contributed by atoms with Crippen LogP contribution in [0, 0.1) is 0 Å². The molecule has 2 aromatic rings. The van der Waals surface area contributed by atoms with Gasteiger partial charge in [0.05, 0.1) is 5.69 Å². The highest BCUT2D eigenvalue weighted by molar-refractivity contribution is 5.88. The number of nitrogens with two attached hydrogens (primary N) is 1. The molecule has 5 heteroatoms. The minimum absolute atomic E-state index is 0.0221. The molecule has 0 saturated heterocycles. The van der Waals surface area contributed by atoms with Crippen LogP contribution in [-0.2, 0) is 0 Å². The van der Waals surface area contributed by atoms with Crippen molar-refractivity contribution in [2.24, 2.45) is 5.73 Å². The lowest BCUT2D eigenvalue weighted by Crippen LogP contribution is -2.13. The molecule has 1 aromatic carbocycles. The molecule has 70 valence electrons. The van der Waals surface area contributed by atoms with Gasteiger partial charge < -0.3 is 5.73 Å². The third kappa shape index (κ3) is 1.47. The molecule has 1 aromatic heterocycles. The van der Waals surface area contributed by atoms with Crippen LogP contribution in [0.25, 0.3) is 5.69 Å². The summed E-state index contributed by atoms with van der Waals surface area (Å²) in [7, 11) is 0. The molecule has 0 bridgehead atoms. The van der Waals surface area contributed by atoms with Gasteiger partial charge in [-0.05, 0) is 12.1 Å². The predicted molar refractivity (Wildman–Crippen MR) is 49.9 cm³/mol. The van der Waals surface area contributed by atoms with Crippen molar-refractivity contribution in [1.82, 2.24) is 14.8 Å². The summed E-state index contributed by atoms with van der Waals surface area (Å²) in [6.45, 7) is 0. The molecule has 0 unspecified atom stereocenters. The number of hydrogen-bond donors (Lipinski definition) is 1. The minimum atomic E-state index is -0.625. The maximum absolute atomic E-state index is 10.7. The summed E-state index contributed by atoms with van der Waals surface area (Å²) >= 11 is 0. The third-order valence-electron chi connectivity index (χ3n) is 1.73. The van der Waals surface area contributed by atoms with E-state index in [1.807, 2.05) is 30.3 Å². The van der Waals surface area contributed by atoms with E-state index < -0.39 is 5.91 Å². The highest BCUT2D eigenvalue weighted by Crippen LogP contribution is 2.04. The Balaban J connectivity index is 2.39. The van der Waals surface area contributed by atoms with Crippen LogP contribution in [0.2, 0.25) is 0 Å². The van der Waals surface area contributed by atoms with E-state index in [-0.39, 0.29) is 5.82 Å². The molecule has 1 amide bonds. The van der Waals surface area contributed by atoms with Crippen LogP contribution in [0.1, 0.15) is 10.6 Å². The molecule has 0 saturated carbocycles. The molecule has 14 heavy (non-hydrogen) atoms. The molecule has 0 atom stereocenters. The van der Waals surface area contributed by atoms with E-state index in [9.17, 15) is 4.79 Å². The normalized spacial score (nSPS) is 10.0. The van der Waals surface area contributed by atoms with Gasteiger partial charge in [0.1, 0.15) is 6.33 Å². The van der Waals surface area contributed by atoms with Crippen LogP contribution < -0.4 is 5.73 Å². The number of carbonyl (C=O) groups is 1. The molecule has 2 N–H and O–H groups in total. The molecule has 0 radical (unpaired) electrons.